The number of hydrogen-bond acceptors (Lipinski definition) is 6. The number of nitrogens with one attached hydrogen (secondary N) is 1. The van der Waals surface area contributed by atoms with Crippen LogP contribution in [-0.4, -0.2) is 24.9 Å². The molecule has 0 aromatic carbocycles. The van der Waals surface area contributed by atoms with E-state index in [4.69, 9.17) is 9.68 Å². The zero-order chi connectivity index (χ0) is 19.4. The highest BCUT2D eigenvalue weighted by atomic mass is 16.3. The van der Waals surface area contributed by atoms with Crippen molar-refractivity contribution in [3.05, 3.63) is 97.7 Å². The van der Waals surface area contributed by atoms with E-state index in [1.165, 1.54) is 6.39 Å². The summed E-state index contributed by atoms with van der Waals surface area (Å²) >= 11 is 0. The Labute approximate surface area is 161 Å². The SMILES string of the molecule is N#Cc1cccccccncc[nH]c2ocnc3ncc(cnccc1)c32. The number of nitrogens with zero attached hydrogens (tertiary/aromatic N) is 5. The Morgan fingerprint density at radius 3 is 2.61 bits per heavy atom. The topological polar surface area (TPSA) is 104 Å². The Morgan fingerprint density at radius 2 is 1.68 bits per heavy atom. The molecule has 0 saturated heterocycles. The Morgan fingerprint density at radius 1 is 0.857 bits per heavy atom. The molecule has 0 saturated carbocycles. The van der Waals surface area contributed by atoms with Gasteiger partial charge in [0, 0.05) is 42.6 Å². The molecule has 7 heteroatoms. The van der Waals surface area contributed by atoms with E-state index in [9.17, 15) is 0 Å². The molecule has 0 fully saturated rings. The lowest BCUT2D eigenvalue weighted by Crippen LogP contribution is -1.77. The van der Waals surface area contributed by atoms with Crippen LogP contribution in [0.2, 0.25) is 0 Å². The molecule has 0 radical (unpaired) electrons. The number of aromatic nitrogens is 5. The van der Waals surface area contributed by atoms with E-state index < -0.39 is 0 Å². The summed E-state index contributed by atoms with van der Waals surface area (Å²) in [5.41, 5.74) is 1.55. The fourth-order valence-electron chi connectivity index (χ4n) is 2.22. The predicted octanol–water partition coefficient (Wildman–Crippen LogP) is 4.30. The molecule has 3 rings (SSSR count). The van der Waals surface area contributed by atoms with Gasteiger partial charge in [-0.3, -0.25) is 9.97 Å². The van der Waals surface area contributed by atoms with E-state index in [0.717, 1.165) is 5.39 Å². The summed E-state index contributed by atoms with van der Waals surface area (Å²) in [5.74, 6) is 0. The molecule has 1 N–H and O–H groups in total. The maximum absolute atomic E-state index is 9.15. The standard InChI is InChI=1S/C21H16N6O/c22-13-17-7-4-2-1-3-5-9-23-11-12-25-21-19-18(14-24-10-6-8-17)15-26-20(19)27-16-28-21/h1-12,14-16,25H. The Balaban J connectivity index is 2.20. The lowest BCUT2D eigenvalue weighted by Gasteiger charge is -1.90. The van der Waals surface area contributed by atoms with Gasteiger partial charge in [0.25, 0.3) is 0 Å². The van der Waals surface area contributed by atoms with Gasteiger partial charge >= 0.3 is 0 Å². The van der Waals surface area contributed by atoms with Crippen LogP contribution in [0.4, 0.5) is 0 Å². The van der Waals surface area contributed by atoms with E-state index >= 15 is 0 Å². The van der Waals surface area contributed by atoms with Crippen molar-refractivity contribution in [1.29, 1.82) is 5.26 Å². The summed E-state index contributed by atoms with van der Waals surface area (Å²) in [6.07, 6.45) is 11.1. The average molecular weight is 368 g/mol. The molecule has 0 unspecified atom stereocenters. The Hall–Kier alpha value is -4.31. The smallest absolute Gasteiger partial charge is 0.210 e. The monoisotopic (exact) mass is 368 g/mol. The van der Waals surface area contributed by atoms with E-state index in [0.29, 0.717) is 22.3 Å². The van der Waals surface area contributed by atoms with Crippen LogP contribution in [0.15, 0.2) is 96.5 Å². The lowest BCUT2D eigenvalue weighted by atomic mass is 10.3. The largest absolute Gasteiger partial charge is 0.429 e. The van der Waals surface area contributed by atoms with Crippen LogP contribution in [0.1, 0.15) is 5.56 Å². The van der Waals surface area contributed by atoms with Crippen LogP contribution in [0, 0.1) is 11.3 Å². The lowest BCUT2D eigenvalue weighted by molar-refractivity contribution is 0.571. The Kier molecular flexibility index (Phi) is 6.59. The summed E-state index contributed by atoms with van der Waals surface area (Å²) in [6, 6.07) is 16.3. The molecule has 0 bridgehead atoms. The molecule has 28 heavy (non-hydrogen) atoms. The molecule has 136 valence electrons. The van der Waals surface area contributed by atoms with Crippen molar-refractivity contribution in [2.75, 3.05) is 0 Å². The van der Waals surface area contributed by atoms with Crippen LogP contribution in [0.5, 0.6) is 0 Å². The maximum atomic E-state index is 9.15. The van der Waals surface area contributed by atoms with Crippen molar-refractivity contribution in [3.8, 4) is 6.07 Å². The van der Waals surface area contributed by atoms with Gasteiger partial charge in [-0.25, -0.2) is 4.98 Å². The van der Waals surface area contributed by atoms with Gasteiger partial charge in [0.2, 0.25) is 5.71 Å². The average Bonchev–Trinajstić information content (AvgIpc) is 3.13. The predicted molar refractivity (Wildman–Crippen MR) is 106 cm³/mol. The third kappa shape index (κ3) is 5.09. The van der Waals surface area contributed by atoms with Crippen molar-refractivity contribution in [1.82, 2.24) is 24.9 Å². The number of aromatic amines is 1. The third-order valence-corrected chi connectivity index (χ3v) is 3.47. The molecule has 0 amide bonds. The molecule has 0 atom stereocenters. The molecule has 3 aromatic heterocycles. The number of H-pyrrole nitrogens is 1. The zero-order valence-corrected chi connectivity index (χ0v) is 14.8. The quantitative estimate of drug-likeness (QED) is 0.634. The minimum atomic E-state index is 0.490. The third-order valence-electron chi connectivity index (χ3n) is 3.47. The van der Waals surface area contributed by atoms with Crippen LogP contribution >= 0.6 is 0 Å². The normalized spacial score (nSPS) is 9.39. The van der Waals surface area contributed by atoms with Crippen molar-refractivity contribution in [2.24, 2.45) is 0 Å². The second kappa shape index (κ2) is 9.99. The number of rotatable bonds is 0. The first-order chi connectivity index (χ1) is 13.9. The molecular formula is C21H16N6O. The maximum Gasteiger partial charge on any atom is 0.210 e. The first kappa shape index (κ1) is 18.5. The molecule has 0 aliphatic rings. The Bertz CT molecular complexity index is 1210. The highest BCUT2D eigenvalue weighted by Gasteiger charge is 2.04. The molecule has 3 heterocycles. The highest BCUT2D eigenvalue weighted by Crippen LogP contribution is 2.19. The molecular weight excluding hydrogens is 352 g/mol. The molecule has 0 spiro atoms. The summed E-state index contributed by atoms with van der Waals surface area (Å²) in [5, 5.41) is 10.6. The highest BCUT2D eigenvalue weighted by molar-refractivity contribution is 6.02. The van der Waals surface area contributed by atoms with Gasteiger partial charge in [0.05, 0.1) is 17.0 Å². The van der Waals surface area contributed by atoms with Gasteiger partial charge in [-0.15, -0.1) is 0 Å². The van der Waals surface area contributed by atoms with Gasteiger partial charge < -0.3 is 9.40 Å². The fraction of sp³-hybridized carbons (Fsp3) is 0. The van der Waals surface area contributed by atoms with Gasteiger partial charge in [-0.05, 0) is 24.3 Å². The first-order valence-electron chi connectivity index (χ1n) is 8.35. The first-order valence-corrected chi connectivity index (χ1v) is 8.35. The van der Waals surface area contributed by atoms with Crippen LogP contribution in [0.25, 0.3) is 22.1 Å². The van der Waals surface area contributed by atoms with Crippen molar-refractivity contribution in [3.63, 3.8) is 0 Å². The fourth-order valence-corrected chi connectivity index (χ4v) is 2.22. The molecule has 3 aromatic rings. The molecule has 0 aliphatic heterocycles. The van der Waals surface area contributed by atoms with Crippen molar-refractivity contribution < 1.29 is 4.42 Å². The molecule has 7 nitrogen and oxygen atoms in total. The summed E-state index contributed by atoms with van der Waals surface area (Å²) in [7, 11) is 0. The van der Waals surface area contributed by atoms with E-state index in [2.05, 4.69) is 31.0 Å². The van der Waals surface area contributed by atoms with E-state index in [1.54, 1.807) is 67.5 Å². The van der Waals surface area contributed by atoms with E-state index in [-0.39, 0.29) is 0 Å². The molecule has 0 aliphatic carbocycles. The van der Waals surface area contributed by atoms with Crippen molar-refractivity contribution in [2.45, 2.75) is 0 Å². The van der Waals surface area contributed by atoms with Gasteiger partial charge in [0.1, 0.15) is 0 Å². The number of hydrogen-bond donors (Lipinski definition) is 1. The van der Waals surface area contributed by atoms with E-state index in [1.807, 2.05) is 18.2 Å². The van der Waals surface area contributed by atoms with Crippen LogP contribution < -0.4 is 0 Å². The summed E-state index contributed by atoms with van der Waals surface area (Å²) in [4.78, 5) is 19.8. The summed E-state index contributed by atoms with van der Waals surface area (Å²) in [6.45, 7) is 0. The van der Waals surface area contributed by atoms with Crippen LogP contribution in [-0.2, 0) is 0 Å². The van der Waals surface area contributed by atoms with Gasteiger partial charge in [-0.2, -0.15) is 10.2 Å². The number of nitriles is 1. The minimum Gasteiger partial charge on any atom is -0.429 e. The van der Waals surface area contributed by atoms with Crippen LogP contribution in [0.3, 0.4) is 0 Å². The second-order valence-corrected chi connectivity index (χ2v) is 5.33. The van der Waals surface area contributed by atoms with Crippen molar-refractivity contribution >= 4 is 22.1 Å². The zero-order valence-electron chi connectivity index (χ0n) is 14.8. The second-order valence-electron chi connectivity index (χ2n) is 5.33. The van der Waals surface area contributed by atoms with Gasteiger partial charge in [-0.1, -0.05) is 24.3 Å². The van der Waals surface area contributed by atoms with Gasteiger partial charge in [0.15, 0.2) is 12.0 Å². The minimum absolute atomic E-state index is 0.490. The summed E-state index contributed by atoms with van der Waals surface area (Å²) < 4.78 is 5.46.